The fourth-order valence-corrected chi connectivity index (χ4v) is 11.9. The standard InChI is InChI=1S/C23H26N6O.C21H23N7O2.C20H21N7O2/c1-15(2)27-8-6-17(7-9-27)20-14-29-22(11-24-20)26-19(10-23(29)30)18-4-5-21-25-16(3)12-28(21)13-18;1-14-12-28-18(21(22-14)30-3)10-17(24-28)16-11-20(29)27-13-15(4-5-19(27)23-16)26-8-6-25(2)7-9-26;1-13-11-27-17(20(29)21-13)9-16(23-27)15-10-19(28)26-12-14(3-4-18(26)22-15)25-7-5-24(2)6-8-25/h4-5,10-15,17H,6-9H2,1-3H3;4-5,10-13H,6-9H2,1-3H3;3-4,9-12H,5-8H2,1-2H3,(H,21,29). The van der Waals surface area contributed by atoms with Gasteiger partial charge < -0.3 is 38.6 Å². The highest BCUT2D eigenvalue weighted by Crippen LogP contribution is 2.29. The van der Waals surface area contributed by atoms with Crippen molar-refractivity contribution in [1.82, 2.24) is 86.4 Å². The maximum Gasteiger partial charge on any atom is 0.274 e. The van der Waals surface area contributed by atoms with Gasteiger partial charge in [-0.05, 0) is 123 Å². The summed E-state index contributed by atoms with van der Waals surface area (Å²) in [6, 6.07) is 20.3. The predicted octanol–water partition coefficient (Wildman–Crippen LogP) is 5.53. The number of hydrogen-bond donors (Lipinski definition) is 1. The number of anilines is 2. The van der Waals surface area contributed by atoms with Crippen LogP contribution in [0.2, 0.25) is 0 Å². The van der Waals surface area contributed by atoms with Gasteiger partial charge in [0.2, 0.25) is 5.88 Å². The normalized spacial score (nSPS) is 15.6. The SMILES string of the molecule is COc1nc(C)cn2nc(-c3cc(=O)n4cc(N5CCN(C)CC5)ccc4n3)cc12.Cc1cn2cc(-c3cc(=O)n4cc(C5CCN(C(C)C)CC5)ncc4n3)ccc2n1.Cc1cn2nc(-c3cc(=O)n4cc(N5CCN(C)CC5)ccc4n3)cc2c(=O)[nH]1. The monoisotopic (exact) mass is 1200 g/mol. The Morgan fingerprint density at radius 3 is 1.63 bits per heavy atom. The number of hydrogen-bond acceptors (Lipinski definition) is 18. The third-order valence-corrected chi connectivity index (χ3v) is 17.0. The quantitative estimate of drug-likeness (QED) is 0.197. The van der Waals surface area contributed by atoms with Crippen LogP contribution in [0, 0.1) is 20.8 Å². The van der Waals surface area contributed by atoms with E-state index in [9.17, 15) is 19.2 Å². The predicted molar refractivity (Wildman–Crippen MR) is 342 cm³/mol. The first-order chi connectivity index (χ1) is 43.0. The minimum absolute atomic E-state index is 0.0832. The molecule has 25 heteroatoms. The molecule has 0 aromatic carbocycles. The summed E-state index contributed by atoms with van der Waals surface area (Å²) in [7, 11) is 5.81. The van der Waals surface area contributed by atoms with Crippen LogP contribution in [0.1, 0.15) is 55.4 Å². The second kappa shape index (κ2) is 23.9. The number of piperidine rings is 1. The van der Waals surface area contributed by atoms with Gasteiger partial charge in [0.05, 0.1) is 65.0 Å². The topological polar surface area (TPSA) is 239 Å². The van der Waals surface area contributed by atoms with Gasteiger partial charge in [-0.1, -0.05) is 0 Å². The van der Waals surface area contributed by atoms with Gasteiger partial charge in [-0.3, -0.25) is 37.4 Å². The minimum atomic E-state index is -0.224. The zero-order valence-electron chi connectivity index (χ0n) is 51.1. The van der Waals surface area contributed by atoms with Crippen LogP contribution in [-0.2, 0) is 0 Å². The summed E-state index contributed by atoms with van der Waals surface area (Å²) < 4.78 is 15.3. The molecule has 1 N–H and O–H groups in total. The zero-order chi connectivity index (χ0) is 61.8. The van der Waals surface area contributed by atoms with Crippen LogP contribution in [0.25, 0.3) is 67.7 Å². The maximum atomic E-state index is 12.9. The number of methoxy groups -OCH3 is 1. The number of aryl methyl sites for hydroxylation is 3. The van der Waals surface area contributed by atoms with Gasteiger partial charge in [-0.25, -0.2) is 34.0 Å². The number of piperazine rings is 2. The number of rotatable bonds is 8. The molecule has 3 saturated heterocycles. The van der Waals surface area contributed by atoms with E-state index in [1.807, 2.05) is 97.9 Å². The zero-order valence-corrected chi connectivity index (χ0v) is 51.1. The first kappa shape index (κ1) is 58.1. The van der Waals surface area contributed by atoms with Crippen molar-refractivity contribution >= 4 is 45.0 Å². The van der Waals surface area contributed by atoms with Gasteiger partial charge in [0.25, 0.3) is 22.2 Å². The largest absolute Gasteiger partial charge is 0.479 e. The van der Waals surface area contributed by atoms with Gasteiger partial charge in [0, 0.05) is 131 Å². The molecule has 0 amide bonds. The lowest BCUT2D eigenvalue weighted by Crippen LogP contribution is -2.44. The van der Waals surface area contributed by atoms with Gasteiger partial charge in [-0.15, -0.1) is 0 Å². The number of aromatic nitrogens is 15. The highest BCUT2D eigenvalue weighted by atomic mass is 16.5. The molecule has 12 aromatic rings. The lowest BCUT2D eigenvalue weighted by Gasteiger charge is -2.34. The molecule has 0 saturated carbocycles. The molecule has 0 spiro atoms. The van der Waals surface area contributed by atoms with Crippen molar-refractivity contribution in [2.75, 3.05) is 96.5 Å². The Bertz CT molecular complexity index is 4900. The van der Waals surface area contributed by atoms with E-state index in [1.165, 1.54) is 16.6 Å². The number of likely N-dealkylation sites (N-methyl/N-ethyl adjacent to an activating group) is 2. The molecule has 3 fully saturated rings. The molecule has 15 heterocycles. The van der Waals surface area contributed by atoms with E-state index in [1.54, 1.807) is 56.3 Å². The number of likely N-dealkylation sites (tertiary alicyclic amines) is 1. The van der Waals surface area contributed by atoms with Crippen molar-refractivity contribution in [2.45, 2.75) is 59.4 Å². The number of H-pyrrole nitrogens is 1. The molecular weight excluding hydrogens is 1130 g/mol. The molecule has 3 aliphatic rings. The van der Waals surface area contributed by atoms with E-state index in [0.29, 0.717) is 74.5 Å². The van der Waals surface area contributed by atoms with Gasteiger partial charge in [0.15, 0.2) is 5.65 Å². The van der Waals surface area contributed by atoms with Crippen molar-refractivity contribution in [1.29, 1.82) is 0 Å². The number of pyridine rings is 3. The fourth-order valence-electron chi connectivity index (χ4n) is 11.9. The first-order valence-electron chi connectivity index (χ1n) is 30.0. The van der Waals surface area contributed by atoms with Crippen molar-refractivity contribution < 1.29 is 4.74 Å². The number of nitrogens with one attached hydrogen (secondary N) is 1. The Labute approximate surface area is 510 Å². The molecule has 15 rings (SSSR count). The van der Waals surface area contributed by atoms with E-state index in [-0.39, 0.29) is 22.2 Å². The molecule has 89 heavy (non-hydrogen) atoms. The van der Waals surface area contributed by atoms with E-state index in [0.717, 1.165) is 123 Å². The van der Waals surface area contributed by atoms with Crippen LogP contribution in [0.5, 0.6) is 5.88 Å². The van der Waals surface area contributed by atoms with Gasteiger partial charge >= 0.3 is 0 Å². The minimum Gasteiger partial charge on any atom is -0.479 e. The molecule has 3 aliphatic heterocycles. The van der Waals surface area contributed by atoms with E-state index in [2.05, 4.69) is 92.5 Å². The average Bonchev–Trinajstić information content (AvgIpc) is 1.87. The summed E-state index contributed by atoms with van der Waals surface area (Å²) in [5.41, 5.74) is 12.2. The number of ether oxygens (including phenoxy) is 1. The average molecular weight is 1200 g/mol. The van der Waals surface area contributed by atoms with Crippen LogP contribution in [0.3, 0.4) is 0 Å². The van der Waals surface area contributed by atoms with Crippen LogP contribution in [0.15, 0.2) is 135 Å². The van der Waals surface area contributed by atoms with Crippen molar-refractivity contribution in [3.63, 3.8) is 0 Å². The Balaban J connectivity index is 0.000000123. The summed E-state index contributed by atoms with van der Waals surface area (Å²) in [5, 5.41) is 9.00. The molecular formula is C64H70N20O5. The lowest BCUT2D eigenvalue weighted by molar-refractivity contribution is 0.170. The summed E-state index contributed by atoms with van der Waals surface area (Å²) in [6.45, 7) is 20.0. The lowest BCUT2D eigenvalue weighted by atomic mass is 9.93. The number of fused-ring (bicyclic) bond motifs is 6. The Kier molecular flexibility index (Phi) is 15.6. The summed E-state index contributed by atoms with van der Waals surface area (Å²) >= 11 is 0. The van der Waals surface area contributed by atoms with E-state index in [4.69, 9.17) is 9.72 Å². The Morgan fingerprint density at radius 1 is 0.517 bits per heavy atom. The summed E-state index contributed by atoms with van der Waals surface area (Å²) in [6.07, 6.45) is 16.9. The number of nitrogens with zero attached hydrogens (tertiary/aromatic N) is 19. The molecule has 0 bridgehead atoms. The van der Waals surface area contributed by atoms with Gasteiger partial charge in [-0.2, -0.15) is 10.2 Å². The van der Waals surface area contributed by atoms with Crippen molar-refractivity contribution in [3.05, 3.63) is 180 Å². The van der Waals surface area contributed by atoms with Crippen LogP contribution in [-0.4, -0.2) is 179 Å². The van der Waals surface area contributed by atoms with Gasteiger partial charge in [0.1, 0.15) is 39.4 Å². The third kappa shape index (κ3) is 12.0. The highest BCUT2D eigenvalue weighted by Gasteiger charge is 2.25. The molecule has 456 valence electrons. The smallest absolute Gasteiger partial charge is 0.274 e. The molecule has 25 nitrogen and oxygen atoms in total. The van der Waals surface area contributed by atoms with E-state index < -0.39 is 0 Å². The maximum absolute atomic E-state index is 12.9. The molecule has 0 unspecified atom stereocenters. The Morgan fingerprint density at radius 2 is 1.04 bits per heavy atom. The molecule has 0 atom stereocenters. The van der Waals surface area contributed by atoms with Crippen molar-refractivity contribution in [3.8, 4) is 39.9 Å². The number of imidazole rings is 1. The molecule has 0 aliphatic carbocycles. The van der Waals surface area contributed by atoms with Crippen LogP contribution < -0.4 is 36.8 Å². The third-order valence-electron chi connectivity index (χ3n) is 17.0. The summed E-state index contributed by atoms with van der Waals surface area (Å²) in [5.74, 6) is 0.881. The molecule has 12 aromatic heterocycles. The van der Waals surface area contributed by atoms with Crippen LogP contribution >= 0.6 is 0 Å². The van der Waals surface area contributed by atoms with Crippen LogP contribution in [0.4, 0.5) is 11.4 Å². The second-order valence-electron chi connectivity index (χ2n) is 23.6. The second-order valence-corrected chi connectivity index (χ2v) is 23.6. The first-order valence-corrected chi connectivity index (χ1v) is 30.0. The summed E-state index contributed by atoms with van der Waals surface area (Å²) in [4.78, 5) is 92.6. The Hall–Kier alpha value is -9.98. The van der Waals surface area contributed by atoms with Crippen molar-refractivity contribution in [2.24, 2.45) is 0 Å². The number of aromatic amines is 1. The highest BCUT2D eigenvalue weighted by molar-refractivity contribution is 5.69. The molecule has 0 radical (unpaired) electrons. The fraction of sp³-hybridized carbons (Fsp3) is 0.344. The van der Waals surface area contributed by atoms with E-state index >= 15 is 0 Å².